The van der Waals surface area contributed by atoms with Crippen LogP contribution in [0.25, 0.3) is 16.6 Å². The number of carbonyl (C=O) groups is 2. The first-order valence-corrected chi connectivity index (χ1v) is 10.7. The summed E-state index contributed by atoms with van der Waals surface area (Å²) in [7, 11) is 0. The molecule has 1 aliphatic carbocycles. The summed E-state index contributed by atoms with van der Waals surface area (Å²) < 4.78 is 1.76. The third-order valence-corrected chi connectivity index (χ3v) is 6.57. The second kappa shape index (κ2) is 7.12. The zero-order valence-corrected chi connectivity index (χ0v) is 17.5. The lowest BCUT2D eigenvalue weighted by Gasteiger charge is -2.20. The summed E-state index contributed by atoms with van der Waals surface area (Å²) >= 11 is 6.39. The van der Waals surface area contributed by atoms with Gasteiger partial charge in [-0.2, -0.15) is 5.10 Å². The van der Waals surface area contributed by atoms with Crippen LogP contribution < -0.4 is 10.6 Å². The van der Waals surface area contributed by atoms with Crippen molar-refractivity contribution < 1.29 is 9.59 Å². The molecule has 2 N–H and O–H groups in total. The van der Waals surface area contributed by atoms with E-state index in [4.69, 9.17) is 11.6 Å². The summed E-state index contributed by atoms with van der Waals surface area (Å²) in [6, 6.07) is 7.59. The van der Waals surface area contributed by atoms with Gasteiger partial charge in [0.25, 0.3) is 5.91 Å². The number of para-hydroxylation sites is 1. The Hall–Kier alpha value is -2.87. The summed E-state index contributed by atoms with van der Waals surface area (Å²) in [5.41, 5.74) is 1.60. The fourth-order valence-corrected chi connectivity index (χ4v) is 4.72. The molecule has 9 heteroatoms. The number of halogens is 1. The Bertz CT molecular complexity index is 1170. The molecule has 2 aromatic heterocycles. The van der Waals surface area contributed by atoms with Crippen molar-refractivity contribution in [1.82, 2.24) is 24.8 Å². The second-order valence-electron chi connectivity index (χ2n) is 8.07. The average Bonchev–Trinajstić information content (AvgIpc) is 3.39. The highest BCUT2D eigenvalue weighted by Crippen LogP contribution is 2.35. The van der Waals surface area contributed by atoms with Crippen LogP contribution in [0.5, 0.6) is 0 Å². The first-order valence-electron chi connectivity index (χ1n) is 10.3. The fraction of sp³-hybridized carbons (Fsp3) is 0.429. The number of hydrogen-bond acceptors (Lipinski definition) is 5. The predicted molar refractivity (Wildman–Crippen MR) is 115 cm³/mol. The number of nitrogens with one attached hydrogen (secondary N) is 2. The van der Waals surface area contributed by atoms with Crippen LogP contribution in [0.3, 0.4) is 0 Å². The standard InChI is InChI=1S/C21H23ClN6O2/c1-13-16(22)18-24-17(14-7-2-3-8-15(14)28(18)26-13)23-11-6-12-27-19(29)21(25-20(27)30)9-4-5-10-21/h2-3,7-8H,4-6,9-12H2,1H3,(H,23,24)(H,25,30). The van der Waals surface area contributed by atoms with E-state index in [2.05, 4.69) is 20.7 Å². The fourth-order valence-electron chi connectivity index (χ4n) is 4.56. The van der Waals surface area contributed by atoms with E-state index in [0.717, 1.165) is 42.3 Å². The third-order valence-electron chi connectivity index (χ3n) is 6.12. The monoisotopic (exact) mass is 426 g/mol. The molecule has 5 rings (SSSR count). The molecular weight excluding hydrogens is 404 g/mol. The maximum Gasteiger partial charge on any atom is 0.325 e. The molecule has 1 saturated carbocycles. The summed E-state index contributed by atoms with van der Waals surface area (Å²) in [6.45, 7) is 2.81. The highest BCUT2D eigenvalue weighted by atomic mass is 35.5. The molecule has 0 radical (unpaired) electrons. The maximum absolute atomic E-state index is 12.8. The largest absolute Gasteiger partial charge is 0.369 e. The number of aryl methyl sites for hydroxylation is 1. The topological polar surface area (TPSA) is 91.6 Å². The lowest BCUT2D eigenvalue weighted by atomic mass is 9.98. The molecule has 156 valence electrons. The van der Waals surface area contributed by atoms with Crippen molar-refractivity contribution in [2.45, 2.75) is 44.6 Å². The van der Waals surface area contributed by atoms with Gasteiger partial charge in [-0.05, 0) is 38.3 Å². The number of benzene rings is 1. The van der Waals surface area contributed by atoms with Gasteiger partial charge in [0.1, 0.15) is 16.4 Å². The second-order valence-corrected chi connectivity index (χ2v) is 8.45. The quantitative estimate of drug-likeness (QED) is 0.481. The van der Waals surface area contributed by atoms with Gasteiger partial charge in [0.05, 0.1) is 11.2 Å². The van der Waals surface area contributed by atoms with E-state index in [1.165, 1.54) is 4.90 Å². The summed E-state index contributed by atoms with van der Waals surface area (Å²) in [5.74, 6) is 0.640. The smallest absolute Gasteiger partial charge is 0.325 e. The first kappa shape index (κ1) is 19.1. The van der Waals surface area contributed by atoms with Crippen molar-refractivity contribution >= 4 is 45.9 Å². The van der Waals surface area contributed by atoms with Gasteiger partial charge < -0.3 is 10.6 Å². The van der Waals surface area contributed by atoms with E-state index in [1.54, 1.807) is 4.52 Å². The zero-order chi connectivity index (χ0) is 20.9. The molecule has 2 fully saturated rings. The van der Waals surface area contributed by atoms with Crippen LogP contribution in [0, 0.1) is 6.92 Å². The van der Waals surface area contributed by atoms with Crippen LogP contribution in [-0.4, -0.2) is 50.1 Å². The van der Waals surface area contributed by atoms with Gasteiger partial charge in [-0.25, -0.2) is 14.3 Å². The van der Waals surface area contributed by atoms with Gasteiger partial charge in [0.2, 0.25) is 0 Å². The highest BCUT2D eigenvalue weighted by Gasteiger charge is 2.51. The number of amides is 3. The number of rotatable bonds is 5. The van der Waals surface area contributed by atoms with Gasteiger partial charge in [-0.1, -0.05) is 36.6 Å². The SMILES string of the molecule is Cc1nn2c(nc(NCCCN3C(=O)NC4(CCCC4)C3=O)c3ccccc32)c1Cl. The zero-order valence-electron chi connectivity index (χ0n) is 16.7. The van der Waals surface area contributed by atoms with E-state index in [9.17, 15) is 9.59 Å². The Morgan fingerprint density at radius 1 is 1.23 bits per heavy atom. The molecule has 1 aliphatic heterocycles. The van der Waals surface area contributed by atoms with Crippen LogP contribution in [0.15, 0.2) is 24.3 Å². The minimum atomic E-state index is -0.649. The Balaban J connectivity index is 1.31. The highest BCUT2D eigenvalue weighted by molar-refractivity contribution is 6.34. The molecule has 1 aromatic carbocycles. The van der Waals surface area contributed by atoms with Crippen LogP contribution >= 0.6 is 11.6 Å². The molecule has 0 unspecified atom stereocenters. The van der Waals surface area contributed by atoms with E-state index in [1.807, 2.05) is 31.2 Å². The number of fused-ring (bicyclic) bond motifs is 3. The minimum Gasteiger partial charge on any atom is -0.369 e. The van der Waals surface area contributed by atoms with Gasteiger partial charge in [0.15, 0.2) is 5.65 Å². The number of hydrogen-bond donors (Lipinski definition) is 2. The van der Waals surface area contributed by atoms with Gasteiger partial charge in [0, 0.05) is 18.5 Å². The number of anilines is 1. The van der Waals surface area contributed by atoms with Crippen LogP contribution in [-0.2, 0) is 4.79 Å². The molecular formula is C21H23ClN6O2. The van der Waals surface area contributed by atoms with E-state index in [0.29, 0.717) is 36.0 Å². The Morgan fingerprint density at radius 3 is 2.80 bits per heavy atom. The van der Waals surface area contributed by atoms with Crippen LogP contribution in [0.4, 0.5) is 10.6 Å². The normalized spacial score (nSPS) is 18.1. The summed E-state index contributed by atoms with van der Waals surface area (Å²) in [6.07, 6.45) is 4.09. The minimum absolute atomic E-state index is 0.0727. The number of carbonyl (C=O) groups excluding carboxylic acids is 2. The Labute approximate surface area is 178 Å². The summed E-state index contributed by atoms with van der Waals surface area (Å²) in [4.78, 5) is 31.1. The molecule has 8 nitrogen and oxygen atoms in total. The van der Waals surface area contributed by atoms with Gasteiger partial charge >= 0.3 is 6.03 Å². The Kier molecular flexibility index (Phi) is 4.54. The molecule has 1 spiro atoms. The van der Waals surface area contributed by atoms with Crippen molar-refractivity contribution in [3.63, 3.8) is 0 Å². The molecule has 1 saturated heterocycles. The van der Waals surface area contributed by atoms with Crippen molar-refractivity contribution in [3.05, 3.63) is 35.0 Å². The maximum atomic E-state index is 12.8. The lowest BCUT2D eigenvalue weighted by Crippen LogP contribution is -2.44. The molecule has 30 heavy (non-hydrogen) atoms. The van der Waals surface area contributed by atoms with E-state index in [-0.39, 0.29) is 11.9 Å². The van der Waals surface area contributed by atoms with Crippen LogP contribution in [0.1, 0.15) is 37.8 Å². The van der Waals surface area contributed by atoms with Crippen molar-refractivity contribution in [1.29, 1.82) is 0 Å². The first-order chi connectivity index (χ1) is 14.5. The van der Waals surface area contributed by atoms with Gasteiger partial charge in [-0.3, -0.25) is 9.69 Å². The van der Waals surface area contributed by atoms with Crippen molar-refractivity contribution in [3.8, 4) is 0 Å². The molecule has 0 atom stereocenters. The molecule has 2 aliphatic rings. The lowest BCUT2D eigenvalue weighted by molar-refractivity contribution is -0.131. The molecule has 3 amide bonds. The van der Waals surface area contributed by atoms with Crippen LogP contribution in [0.2, 0.25) is 5.02 Å². The van der Waals surface area contributed by atoms with Gasteiger partial charge in [-0.15, -0.1) is 0 Å². The number of nitrogens with zero attached hydrogens (tertiary/aromatic N) is 4. The van der Waals surface area contributed by atoms with Crippen molar-refractivity contribution in [2.75, 3.05) is 18.4 Å². The predicted octanol–water partition coefficient (Wildman–Crippen LogP) is 3.51. The number of imide groups is 1. The average molecular weight is 427 g/mol. The number of aromatic nitrogens is 3. The third kappa shape index (κ3) is 2.89. The van der Waals surface area contributed by atoms with E-state index >= 15 is 0 Å². The summed E-state index contributed by atoms with van der Waals surface area (Å²) in [5, 5.41) is 12.2. The molecule has 3 heterocycles. The van der Waals surface area contributed by atoms with E-state index < -0.39 is 5.54 Å². The Morgan fingerprint density at radius 2 is 2.00 bits per heavy atom. The molecule has 0 bridgehead atoms. The molecule has 3 aromatic rings. The van der Waals surface area contributed by atoms with Crippen molar-refractivity contribution in [2.24, 2.45) is 0 Å². The number of urea groups is 1.